The van der Waals surface area contributed by atoms with Crippen LogP contribution in [0.3, 0.4) is 0 Å². The van der Waals surface area contributed by atoms with Crippen LogP contribution in [-0.4, -0.2) is 44.7 Å². The van der Waals surface area contributed by atoms with E-state index in [1.165, 1.54) is 0 Å². The lowest BCUT2D eigenvalue weighted by Crippen LogP contribution is -2.44. The number of hydrogen-bond acceptors (Lipinski definition) is 3. The number of amides is 1. The van der Waals surface area contributed by atoms with E-state index >= 15 is 0 Å². The molecule has 2 heterocycles. The molecule has 0 spiro atoms. The predicted octanol–water partition coefficient (Wildman–Crippen LogP) is 1.89. The van der Waals surface area contributed by atoms with Gasteiger partial charge in [-0.2, -0.15) is 5.10 Å². The van der Waals surface area contributed by atoms with Crippen LogP contribution >= 0.6 is 0 Å². The van der Waals surface area contributed by atoms with Gasteiger partial charge in [0.05, 0.1) is 11.3 Å². The normalized spacial score (nSPS) is 19.1. The lowest BCUT2D eigenvalue weighted by Gasteiger charge is -2.35. The predicted molar refractivity (Wildman–Crippen MR) is 73.6 cm³/mol. The molecule has 0 radical (unpaired) electrons. The van der Waals surface area contributed by atoms with Gasteiger partial charge in [-0.1, -0.05) is 0 Å². The van der Waals surface area contributed by atoms with Gasteiger partial charge in [0, 0.05) is 24.7 Å². The van der Waals surface area contributed by atoms with Crippen LogP contribution in [0.15, 0.2) is 0 Å². The summed E-state index contributed by atoms with van der Waals surface area (Å²) in [6.07, 6.45) is 3.55. The number of carbonyl (C=O) groups is 2. The van der Waals surface area contributed by atoms with Gasteiger partial charge in [0.1, 0.15) is 0 Å². The van der Waals surface area contributed by atoms with Crippen molar-refractivity contribution < 1.29 is 14.7 Å². The number of rotatable bonds is 4. The summed E-state index contributed by atoms with van der Waals surface area (Å²) >= 11 is 0. The molecule has 0 aromatic carbocycles. The van der Waals surface area contributed by atoms with E-state index in [-0.39, 0.29) is 18.4 Å². The van der Waals surface area contributed by atoms with Gasteiger partial charge in [0.15, 0.2) is 0 Å². The summed E-state index contributed by atoms with van der Waals surface area (Å²) in [5, 5.41) is 15.7. The summed E-state index contributed by atoms with van der Waals surface area (Å²) in [6, 6.07) is 0.0287. The van der Waals surface area contributed by atoms with E-state index in [1.54, 1.807) is 0 Å². The van der Waals surface area contributed by atoms with Crippen molar-refractivity contribution in [3.8, 4) is 0 Å². The molecule has 6 nitrogen and oxygen atoms in total. The third-order valence-electron chi connectivity index (χ3n) is 3.92. The number of aryl methyl sites for hydroxylation is 2. The number of carboxylic acids is 1. The zero-order valence-corrected chi connectivity index (χ0v) is 12.0. The Morgan fingerprint density at radius 2 is 2.15 bits per heavy atom. The first-order valence-corrected chi connectivity index (χ1v) is 7.05. The molecular weight excluding hydrogens is 258 g/mol. The Bertz CT molecular complexity index is 490. The molecule has 110 valence electrons. The number of aromatic nitrogens is 2. The molecular formula is C14H21N3O3. The SMILES string of the molecule is Cc1n[nH]c(C)c1C(=O)N1CCCCC1CCC(=O)O. The molecule has 1 amide bonds. The van der Waals surface area contributed by atoms with Crippen molar-refractivity contribution in [1.29, 1.82) is 0 Å². The summed E-state index contributed by atoms with van der Waals surface area (Å²) in [7, 11) is 0. The Labute approximate surface area is 118 Å². The second-order valence-corrected chi connectivity index (χ2v) is 5.39. The van der Waals surface area contributed by atoms with Crippen LogP contribution < -0.4 is 0 Å². The maximum Gasteiger partial charge on any atom is 0.303 e. The highest BCUT2D eigenvalue weighted by Crippen LogP contribution is 2.24. The highest BCUT2D eigenvalue weighted by atomic mass is 16.4. The number of carbonyl (C=O) groups excluding carboxylic acids is 1. The first kappa shape index (κ1) is 14.6. The van der Waals surface area contributed by atoms with Crippen molar-refractivity contribution in [3.05, 3.63) is 17.0 Å². The van der Waals surface area contributed by atoms with Gasteiger partial charge >= 0.3 is 5.97 Å². The Hall–Kier alpha value is -1.85. The minimum atomic E-state index is -0.807. The quantitative estimate of drug-likeness (QED) is 0.881. The monoisotopic (exact) mass is 279 g/mol. The molecule has 1 unspecified atom stereocenters. The molecule has 1 atom stereocenters. The second-order valence-electron chi connectivity index (χ2n) is 5.39. The van der Waals surface area contributed by atoms with Crippen molar-refractivity contribution in [1.82, 2.24) is 15.1 Å². The van der Waals surface area contributed by atoms with Crippen molar-refractivity contribution in [2.24, 2.45) is 0 Å². The average Bonchev–Trinajstić information content (AvgIpc) is 2.75. The number of nitrogens with one attached hydrogen (secondary N) is 1. The van der Waals surface area contributed by atoms with Gasteiger partial charge in [-0.3, -0.25) is 14.7 Å². The second kappa shape index (κ2) is 6.07. The molecule has 0 saturated carbocycles. The van der Waals surface area contributed by atoms with E-state index in [1.807, 2.05) is 18.7 Å². The number of carboxylic acid groups (broad SMARTS) is 1. The Morgan fingerprint density at radius 3 is 2.75 bits per heavy atom. The molecule has 2 N–H and O–H groups in total. The molecule has 1 aromatic rings. The lowest BCUT2D eigenvalue weighted by atomic mass is 9.96. The highest BCUT2D eigenvalue weighted by Gasteiger charge is 2.30. The lowest BCUT2D eigenvalue weighted by molar-refractivity contribution is -0.137. The molecule has 1 aromatic heterocycles. The number of likely N-dealkylation sites (tertiary alicyclic amines) is 1. The van der Waals surface area contributed by atoms with Gasteiger partial charge in [-0.25, -0.2) is 0 Å². The first-order valence-electron chi connectivity index (χ1n) is 7.05. The fraction of sp³-hybridized carbons (Fsp3) is 0.643. The third-order valence-corrected chi connectivity index (χ3v) is 3.92. The first-order chi connectivity index (χ1) is 9.50. The Kier molecular flexibility index (Phi) is 4.42. The smallest absolute Gasteiger partial charge is 0.303 e. The van der Waals surface area contributed by atoms with Crippen molar-refractivity contribution in [3.63, 3.8) is 0 Å². The van der Waals surface area contributed by atoms with Gasteiger partial charge in [0.2, 0.25) is 0 Å². The summed E-state index contributed by atoms with van der Waals surface area (Å²) in [5.74, 6) is -0.831. The average molecular weight is 279 g/mol. The maximum atomic E-state index is 12.7. The number of aliphatic carboxylic acids is 1. The van der Waals surface area contributed by atoms with Crippen LogP contribution in [0.4, 0.5) is 0 Å². The molecule has 1 fully saturated rings. The van der Waals surface area contributed by atoms with E-state index in [0.717, 1.165) is 25.0 Å². The molecule has 6 heteroatoms. The number of piperidine rings is 1. The maximum absolute atomic E-state index is 12.7. The van der Waals surface area contributed by atoms with Crippen LogP contribution in [-0.2, 0) is 4.79 Å². The van der Waals surface area contributed by atoms with E-state index in [0.29, 0.717) is 24.2 Å². The van der Waals surface area contributed by atoms with Gasteiger partial charge < -0.3 is 10.0 Å². The summed E-state index contributed by atoms with van der Waals surface area (Å²) in [6.45, 7) is 4.35. The topological polar surface area (TPSA) is 86.3 Å². The molecule has 1 aliphatic rings. The third kappa shape index (κ3) is 3.00. The van der Waals surface area contributed by atoms with Gasteiger partial charge in [0.25, 0.3) is 5.91 Å². The van der Waals surface area contributed by atoms with Crippen LogP contribution in [0.1, 0.15) is 53.8 Å². The van der Waals surface area contributed by atoms with E-state index in [2.05, 4.69) is 10.2 Å². The van der Waals surface area contributed by atoms with Gasteiger partial charge in [-0.05, 0) is 39.5 Å². The summed E-state index contributed by atoms with van der Waals surface area (Å²) < 4.78 is 0. The van der Waals surface area contributed by atoms with E-state index < -0.39 is 5.97 Å². The zero-order chi connectivity index (χ0) is 14.7. The van der Waals surface area contributed by atoms with Crippen LogP contribution in [0.5, 0.6) is 0 Å². The number of nitrogens with zero attached hydrogens (tertiary/aromatic N) is 2. The number of aromatic amines is 1. The number of hydrogen-bond donors (Lipinski definition) is 2. The largest absolute Gasteiger partial charge is 0.481 e. The van der Waals surface area contributed by atoms with Crippen molar-refractivity contribution >= 4 is 11.9 Å². The Morgan fingerprint density at radius 1 is 1.40 bits per heavy atom. The van der Waals surface area contributed by atoms with Crippen LogP contribution in [0.2, 0.25) is 0 Å². The molecule has 0 aliphatic carbocycles. The standard InChI is InChI=1S/C14H21N3O3/c1-9-13(10(2)16-15-9)14(20)17-8-4-3-5-11(17)6-7-12(18)19/h11H,3-8H2,1-2H3,(H,15,16)(H,18,19). The van der Waals surface area contributed by atoms with Gasteiger partial charge in [-0.15, -0.1) is 0 Å². The summed E-state index contributed by atoms with van der Waals surface area (Å²) in [5.41, 5.74) is 2.11. The fourth-order valence-corrected chi connectivity index (χ4v) is 2.87. The number of H-pyrrole nitrogens is 1. The minimum absolute atomic E-state index is 0.0242. The minimum Gasteiger partial charge on any atom is -0.481 e. The van der Waals surface area contributed by atoms with Crippen LogP contribution in [0, 0.1) is 13.8 Å². The highest BCUT2D eigenvalue weighted by molar-refractivity contribution is 5.96. The molecule has 1 aliphatic heterocycles. The van der Waals surface area contributed by atoms with Crippen molar-refractivity contribution in [2.75, 3.05) is 6.54 Å². The van der Waals surface area contributed by atoms with Crippen LogP contribution in [0.25, 0.3) is 0 Å². The van der Waals surface area contributed by atoms with E-state index in [4.69, 9.17) is 5.11 Å². The van der Waals surface area contributed by atoms with Crippen molar-refractivity contribution in [2.45, 2.75) is 52.0 Å². The summed E-state index contributed by atoms with van der Waals surface area (Å²) in [4.78, 5) is 25.2. The molecule has 20 heavy (non-hydrogen) atoms. The molecule has 1 saturated heterocycles. The molecule has 0 bridgehead atoms. The fourth-order valence-electron chi connectivity index (χ4n) is 2.87. The zero-order valence-electron chi connectivity index (χ0n) is 12.0. The van der Waals surface area contributed by atoms with E-state index in [9.17, 15) is 9.59 Å². The Balaban J connectivity index is 2.15. The molecule has 2 rings (SSSR count).